The van der Waals surface area contributed by atoms with Gasteiger partial charge in [-0.15, -0.1) is 10.2 Å². The molecule has 2 aromatic rings. The molecule has 1 fully saturated rings. The van der Waals surface area contributed by atoms with Crippen LogP contribution in [0.5, 0.6) is 0 Å². The molecule has 140 valence electrons. The molecule has 26 heavy (non-hydrogen) atoms. The van der Waals surface area contributed by atoms with Crippen LogP contribution in [0, 0.1) is 5.92 Å². The maximum absolute atomic E-state index is 12.7. The van der Waals surface area contributed by atoms with Crippen LogP contribution in [0.4, 0.5) is 0 Å². The average molecular weight is 393 g/mol. The molecular weight excluding hydrogens is 368 g/mol. The zero-order valence-corrected chi connectivity index (χ0v) is 17.1. The van der Waals surface area contributed by atoms with Gasteiger partial charge in [-0.1, -0.05) is 49.3 Å². The Labute approximate surface area is 164 Å². The van der Waals surface area contributed by atoms with E-state index in [1.54, 1.807) is 0 Å². The predicted molar refractivity (Wildman–Crippen MR) is 106 cm³/mol. The van der Waals surface area contributed by atoms with Crippen LogP contribution in [0.3, 0.4) is 0 Å². The van der Waals surface area contributed by atoms with Crippen molar-refractivity contribution < 1.29 is 4.79 Å². The first-order chi connectivity index (χ1) is 12.5. The smallest absolute Gasteiger partial charge is 0.233 e. The van der Waals surface area contributed by atoms with E-state index >= 15 is 0 Å². The number of carbonyl (C=O) groups excluding carboxylic acids is 1. The maximum Gasteiger partial charge on any atom is 0.233 e. The van der Waals surface area contributed by atoms with E-state index < -0.39 is 0 Å². The first-order valence-corrected chi connectivity index (χ1v) is 10.5. The number of carbonyl (C=O) groups is 1. The monoisotopic (exact) mass is 392 g/mol. The number of halogens is 1. The highest BCUT2D eigenvalue weighted by molar-refractivity contribution is 7.99. The molecule has 1 aromatic heterocycles. The minimum Gasteiger partial charge on any atom is -0.339 e. The fraction of sp³-hybridized carbons (Fsp3) is 0.526. The number of thioether (sulfide) groups is 1. The van der Waals surface area contributed by atoms with Crippen molar-refractivity contribution in [2.45, 2.75) is 51.4 Å². The van der Waals surface area contributed by atoms with Gasteiger partial charge in [0.25, 0.3) is 0 Å². The van der Waals surface area contributed by atoms with Crippen LogP contribution in [0.1, 0.15) is 33.6 Å². The lowest BCUT2D eigenvalue weighted by Gasteiger charge is -2.24. The lowest BCUT2D eigenvalue weighted by atomic mass is 10.2. The predicted octanol–water partition coefficient (Wildman–Crippen LogP) is 4.36. The van der Waals surface area contributed by atoms with Crippen molar-refractivity contribution in [2.75, 3.05) is 12.3 Å². The summed E-state index contributed by atoms with van der Waals surface area (Å²) in [7, 11) is 0. The van der Waals surface area contributed by atoms with Crippen LogP contribution in [-0.4, -0.2) is 43.9 Å². The van der Waals surface area contributed by atoms with Crippen molar-refractivity contribution in [3.8, 4) is 11.4 Å². The molecule has 0 bridgehead atoms. The molecule has 5 nitrogen and oxygen atoms in total. The largest absolute Gasteiger partial charge is 0.339 e. The second-order valence-corrected chi connectivity index (χ2v) is 8.40. The fourth-order valence-electron chi connectivity index (χ4n) is 2.96. The number of hydrogen-bond donors (Lipinski definition) is 0. The molecule has 1 aromatic carbocycles. The molecule has 3 rings (SSSR count). The lowest BCUT2D eigenvalue weighted by Crippen LogP contribution is -2.37. The molecule has 0 radical (unpaired) electrons. The summed E-state index contributed by atoms with van der Waals surface area (Å²) in [5, 5.41) is 10.1. The first-order valence-electron chi connectivity index (χ1n) is 9.11. The summed E-state index contributed by atoms with van der Waals surface area (Å²) < 4.78 is 2.04. The minimum absolute atomic E-state index is 0.196. The molecule has 1 amide bonds. The van der Waals surface area contributed by atoms with Gasteiger partial charge in [-0.2, -0.15) is 0 Å². The second kappa shape index (κ2) is 8.44. The summed E-state index contributed by atoms with van der Waals surface area (Å²) >= 11 is 7.56. The topological polar surface area (TPSA) is 51.0 Å². The van der Waals surface area contributed by atoms with Gasteiger partial charge in [-0.3, -0.25) is 4.79 Å². The van der Waals surface area contributed by atoms with Crippen molar-refractivity contribution in [1.29, 1.82) is 0 Å². The third-order valence-electron chi connectivity index (χ3n) is 4.31. The van der Waals surface area contributed by atoms with Crippen molar-refractivity contribution in [1.82, 2.24) is 19.7 Å². The molecule has 0 unspecified atom stereocenters. The summed E-state index contributed by atoms with van der Waals surface area (Å²) in [6.45, 7) is 7.93. The fourth-order valence-corrected chi connectivity index (χ4v) is 4.04. The Morgan fingerprint density at radius 3 is 2.77 bits per heavy atom. The zero-order chi connectivity index (χ0) is 18.7. The summed E-state index contributed by atoms with van der Waals surface area (Å²) in [6.07, 6.45) is 2.26. The molecule has 1 heterocycles. The number of amides is 1. The third kappa shape index (κ3) is 4.60. The number of hydrogen-bond acceptors (Lipinski definition) is 4. The molecule has 0 N–H and O–H groups in total. The van der Waals surface area contributed by atoms with E-state index in [0.29, 0.717) is 22.7 Å². The Balaban J connectivity index is 1.71. The molecule has 1 aliphatic rings. The standard InChI is InChI=1S/C19H25ClN4OS/c1-4-23-18(14-6-5-7-15(20)10-14)21-22-19(23)26-12-17(25)24(11-13(2)3)16-8-9-16/h5-7,10,13,16H,4,8-9,11-12H2,1-3H3. The summed E-state index contributed by atoms with van der Waals surface area (Å²) in [5.74, 6) is 1.86. The van der Waals surface area contributed by atoms with Crippen molar-refractivity contribution >= 4 is 29.3 Å². The summed E-state index contributed by atoms with van der Waals surface area (Å²) in [5.41, 5.74) is 0.935. The molecule has 0 spiro atoms. The van der Waals surface area contributed by atoms with Gasteiger partial charge in [0.1, 0.15) is 0 Å². The molecule has 0 saturated heterocycles. The number of nitrogens with zero attached hydrogens (tertiary/aromatic N) is 4. The molecule has 1 aliphatic carbocycles. The quantitative estimate of drug-likeness (QED) is 0.626. The van der Waals surface area contributed by atoms with Gasteiger partial charge in [0.15, 0.2) is 11.0 Å². The summed E-state index contributed by atoms with van der Waals surface area (Å²) in [6, 6.07) is 8.04. The Hall–Kier alpha value is -1.53. The van der Waals surface area contributed by atoms with Gasteiger partial charge in [0.05, 0.1) is 5.75 Å². The highest BCUT2D eigenvalue weighted by Gasteiger charge is 2.32. The summed E-state index contributed by atoms with van der Waals surface area (Å²) in [4.78, 5) is 14.7. The van der Waals surface area contributed by atoms with E-state index in [1.807, 2.05) is 33.7 Å². The SMILES string of the molecule is CCn1c(SCC(=O)N(CC(C)C)C2CC2)nnc1-c1cccc(Cl)c1. The Morgan fingerprint density at radius 2 is 2.15 bits per heavy atom. The highest BCUT2D eigenvalue weighted by Crippen LogP contribution is 2.30. The number of aromatic nitrogens is 3. The van der Waals surface area contributed by atoms with E-state index in [2.05, 4.69) is 31.0 Å². The normalized spacial score (nSPS) is 14.0. The van der Waals surface area contributed by atoms with Crippen molar-refractivity contribution in [3.63, 3.8) is 0 Å². The first kappa shape index (κ1) is 19.2. The van der Waals surface area contributed by atoms with Crippen LogP contribution < -0.4 is 0 Å². The molecule has 7 heteroatoms. The van der Waals surface area contributed by atoms with Gasteiger partial charge >= 0.3 is 0 Å². The highest BCUT2D eigenvalue weighted by atomic mass is 35.5. The Kier molecular flexibility index (Phi) is 6.24. The van der Waals surface area contributed by atoms with Gasteiger partial charge in [-0.05, 0) is 37.8 Å². The van der Waals surface area contributed by atoms with Gasteiger partial charge in [0.2, 0.25) is 5.91 Å². The minimum atomic E-state index is 0.196. The van der Waals surface area contributed by atoms with Crippen LogP contribution >= 0.6 is 23.4 Å². The molecule has 0 atom stereocenters. The van der Waals surface area contributed by atoms with E-state index in [1.165, 1.54) is 11.8 Å². The third-order valence-corrected chi connectivity index (χ3v) is 5.50. The van der Waals surface area contributed by atoms with Crippen LogP contribution in [0.15, 0.2) is 29.4 Å². The Bertz CT molecular complexity index is 773. The van der Waals surface area contributed by atoms with Crippen molar-refractivity contribution in [2.24, 2.45) is 5.92 Å². The van der Waals surface area contributed by atoms with Crippen LogP contribution in [0.2, 0.25) is 5.02 Å². The molecule has 1 saturated carbocycles. The van der Waals surface area contributed by atoms with E-state index in [-0.39, 0.29) is 5.91 Å². The van der Waals surface area contributed by atoms with E-state index in [4.69, 9.17) is 11.6 Å². The number of rotatable bonds is 8. The lowest BCUT2D eigenvalue weighted by molar-refractivity contribution is -0.129. The van der Waals surface area contributed by atoms with E-state index in [0.717, 1.165) is 42.5 Å². The Morgan fingerprint density at radius 1 is 1.38 bits per heavy atom. The zero-order valence-electron chi connectivity index (χ0n) is 15.5. The van der Waals surface area contributed by atoms with Crippen LogP contribution in [-0.2, 0) is 11.3 Å². The van der Waals surface area contributed by atoms with Crippen LogP contribution in [0.25, 0.3) is 11.4 Å². The van der Waals surface area contributed by atoms with Gasteiger partial charge in [0, 0.05) is 29.7 Å². The number of benzene rings is 1. The van der Waals surface area contributed by atoms with Gasteiger partial charge < -0.3 is 9.47 Å². The maximum atomic E-state index is 12.7. The average Bonchev–Trinajstić information content (AvgIpc) is 3.36. The van der Waals surface area contributed by atoms with E-state index in [9.17, 15) is 4.79 Å². The second-order valence-electron chi connectivity index (χ2n) is 7.02. The van der Waals surface area contributed by atoms with Gasteiger partial charge in [-0.25, -0.2) is 0 Å². The van der Waals surface area contributed by atoms with Crippen molar-refractivity contribution in [3.05, 3.63) is 29.3 Å². The molecular formula is C19H25ClN4OS. The molecule has 0 aliphatic heterocycles.